The Morgan fingerprint density at radius 2 is 1.89 bits per heavy atom. The summed E-state index contributed by atoms with van der Waals surface area (Å²) in [5.41, 5.74) is 8.89. The van der Waals surface area contributed by atoms with Gasteiger partial charge in [-0.05, 0) is 71.1 Å². The fourth-order valence-electron chi connectivity index (χ4n) is 5.09. The first-order valence-corrected chi connectivity index (χ1v) is 15.7. The molecular formula is C32H38NO2P. The van der Waals surface area contributed by atoms with Crippen molar-refractivity contribution in [3.8, 4) is 11.8 Å². The van der Waals surface area contributed by atoms with E-state index in [4.69, 9.17) is 4.74 Å². The fourth-order valence-corrected chi connectivity index (χ4v) is 6.90. The quantitative estimate of drug-likeness (QED) is 0.182. The standard InChI is InChI=1S/C32H38NO2P/c1-4-36(3,5-2)18-17-25-13-16-32-29(20-25)14-15-30-21-28(9-6-7-12-31(30)32)24-35-23-27-11-8-10-26(19-27)22-33-34/h8-11,13,16,19-21,31H,3-6,14-15,17-18,22-24H2,1-2H3/b28-9+,30-21-. The summed E-state index contributed by atoms with van der Waals surface area (Å²) in [5, 5.41) is 2.98. The molecule has 0 aromatic heterocycles. The molecule has 2 aliphatic rings. The topological polar surface area (TPSA) is 38.7 Å². The number of nitroso groups, excluding NO2 is 1. The Bertz CT molecular complexity index is 1250. The van der Waals surface area contributed by atoms with Gasteiger partial charge >= 0.3 is 0 Å². The first kappa shape index (κ1) is 26.4. The van der Waals surface area contributed by atoms with Crippen molar-refractivity contribution < 1.29 is 4.74 Å². The third-order valence-electron chi connectivity index (χ3n) is 7.65. The van der Waals surface area contributed by atoms with Gasteiger partial charge in [-0.1, -0.05) is 91.1 Å². The van der Waals surface area contributed by atoms with Gasteiger partial charge < -0.3 is 4.74 Å². The molecule has 0 N–H and O–H groups in total. The Hall–Kier alpha value is -2.66. The molecule has 2 aromatic carbocycles. The van der Waals surface area contributed by atoms with Gasteiger partial charge in [0.15, 0.2) is 0 Å². The van der Waals surface area contributed by atoms with Crippen LogP contribution in [-0.4, -0.2) is 31.4 Å². The summed E-state index contributed by atoms with van der Waals surface area (Å²) in [7, 11) is 0. The monoisotopic (exact) mass is 499 g/mol. The molecule has 3 nitrogen and oxygen atoms in total. The van der Waals surface area contributed by atoms with E-state index in [0.29, 0.717) is 13.2 Å². The number of nitrogens with zero attached hydrogens (tertiary/aromatic N) is 1. The molecule has 0 spiro atoms. The number of fused-ring (bicyclic) bond motifs is 3. The third kappa shape index (κ3) is 6.76. The minimum absolute atomic E-state index is 0.185. The Labute approximate surface area is 217 Å². The van der Waals surface area contributed by atoms with Crippen molar-refractivity contribution in [2.45, 2.75) is 58.6 Å². The largest absolute Gasteiger partial charge is 0.372 e. The molecule has 4 heteroatoms. The summed E-state index contributed by atoms with van der Waals surface area (Å²) < 4.78 is 6.05. The third-order valence-corrected chi connectivity index (χ3v) is 11.5. The van der Waals surface area contributed by atoms with Crippen molar-refractivity contribution in [3.63, 3.8) is 0 Å². The van der Waals surface area contributed by atoms with Crippen molar-refractivity contribution in [2.75, 3.05) is 25.1 Å². The minimum Gasteiger partial charge on any atom is -0.372 e. The van der Waals surface area contributed by atoms with Gasteiger partial charge in [0.05, 0.1) is 19.1 Å². The number of aryl methyl sites for hydroxylation is 2. The van der Waals surface area contributed by atoms with E-state index in [2.05, 4.69) is 67.5 Å². The van der Waals surface area contributed by atoms with Gasteiger partial charge in [-0.25, -0.2) is 0 Å². The van der Waals surface area contributed by atoms with Crippen LogP contribution in [0.1, 0.15) is 60.4 Å². The highest BCUT2D eigenvalue weighted by molar-refractivity contribution is 7.73. The molecule has 0 saturated heterocycles. The number of allylic oxidation sites excluding steroid dienone is 2. The van der Waals surface area contributed by atoms with Crippen molar-refractivity contribution in [1.82, 2.24) is 0 Å². The smallest absolute Gasteiger partial charge is 0.106 e. The molecule has 0 aliphatic heterocycles. The predicted octanol–water partition coefficient (Wildman–Crippen LogP) is 7.49. The van der Waals surface area contributed by atoms with E-state index in [1.165, 1.54) is 46.3 Å². The van der Waals surface area contributed by atoms with Crippen molar-refractivity contribution in [2.24, 2.45) is 5.18 Å². The van der Waals surface area contributed by atoms with Gasteiger partial charge in [0.1, 0.15) is 6.54 Å². The van der Waals surface area contributed by atoms with Crippen molar-refractivity contribution in [1.29, 1.82) is 0 Å². The lowest BCUT2D eigenvalue weighted by Gasteiger charge is -2.27. The van der Waals surface area contributed by atoms with Crippen LogP contribution in [-0.2, 0) is 30.7 Å². The average molecular weight is 500 g/mol. The van der Waals surface area contributed by atoms with E-state index in [-0.39, 0.29) is 12.5 Å². The zero-order chi connectivity index (χ0) is 25.4. The van der Waals surface area contributed by atoms with E-state index < -0.39 is 6.89 Å². The van der Waals surface area contributed by atoms with Crippen LogP contribution in [0.5, 0.6) is 0 Å². The normalized spacial score (nSPS) is 19.8. The van der Waals surface area contributed by atoms with Crippen LogP contribution >= 0.6 is 6.89 Å². The zero-order valence-corrected chi connectivity index (χ0v) is 22.7. The lowest BCUT2D eigenvalue weighted by molar-refractivity contribution is 0.144. The first-order chi connectivity index (χ1) is 17.5. The predicted molar refractivity (Wildman–Crippen MR) is 155 cm³/mol. The number of hydrogen-bond acceptors (Lipinski definition) is 3. The van der Waals surface area contributed by atoms with Gasteiger partial charge in [-0.2, -0.15) is 4.91 Å². The van der Waals surface area contributed by atoms with Gasteiger partial charge in [0.2, 0.25) is 0 Å². The highest BCUT2D eigenvalue weighted by Gasteiger charge is 2.24. The van der Waals surface area contributed by atoms with Crippen LogP contribution in [0, 0.1) is 16.7 Å². The summed E-state index contributed by atoms with van der Waals surface area (Å²) in [4.78, 5) is 10.6. The van der Waals surface area contributed by atoms with E-state index in [0.717, 1.165) is 36.8 Å². The fraction of sp³-hybridized carbons (Fsp3) is 0.406. The summed E-state index contributed by atoms with van der Waals surface area (Å²) in [5.74, 6) is 7.13. The molecule has 1 unspecified atom stereocenters. The van der Waals surface area contributed by atoms with Crippen LogP contribution in [0.2, 0.25) is 0 Å². The number of benzene rings is 2. The molecule has 0 heterocycles. The molecule has 0 saturated carbocycles. The highest BCUT2D eigenvalue weighted by atomic mass is 31.2. The second-order valence-corrected chi connectivity index (χ2v) is 14.4. The average Bonchev–Trinajstić information content (AvgIpc) is 2.89. The Morgan fingerprint density at radius 3 is 2.69 bits per heavy atom. The molecule has 36 heavy (non-hydrogen) atoms. The summed E-state index contributed by atoms with van der Waals surface area (Å²) in [6, 6.07) is 15.0. The molecule has 188 valence electrons. The Kier molecular flexibility index (Phi) is 9.19. The number of rotatable bonds is 11. The van der Waals surface area contributed by atoms with Gasteiger partial charge in [0, 0.05) is 6.42 Å². The highest BCUT2D eigenvalue weighted by Crippen LogP contribution is 2.44. The maximum Gasteiger partial charge on any atom is 0.106 e. The van der Waals surface area contributed by atoms with Gasteiger partial charge in [-0.3, -0.25) is 0 Å². The molecule has 0 radical (unpaired) electrons. The van der Waals surface area contributed by atoms with E-state index >= 15 is 0 Å². The lowest BCUT2D eigenvalue weighted by atomic mass is 9.77. The van der Waals surface area contributed by atoms with Crippen LogP contribution in [0.25, 0.3) is 0 Å². The lowest BCUT2D eigenvalue weighted by Crippen LogP contribution is -2.14. The molecule has 0 fully saturated rings. The van der Waals surface area contributed by atoms with Crippen molar-refractivity contribution >= 4 is 13.2 Å². The zero-order valence-electron chi connectivity index (χ0n) is 21.8. The van der Waals surface area contributed by atoms with E-state index in [1.807, 2.05) is 24.3 Å². The van der Waals surface area contributed by atoms with Crippen LogP contribution in [0.4, 0.5) is 0 Å². The number of ether oxygens (including phenoxy) is 1. The van der Waals surface area contributed by atoms with Crippen LogP contribution < -0.4 is 0 Å². The molecule has 0 bridgehead atoms. The summed E-state index contributed by atoms with van der Waals surface area (Å²) in [6.07, 6.45) is 16.8. The SMILES string of the molecule is C=P(CC)(CC)CCc1ccc2c(c1)CC/C1=C/C(COCc3cccc(CN=O)c3)=C\CC#CC12. The van der Waals surface area contributed by atoms with Crippen LogP contribution in [0.3, 0.4) is 0 Å². The minimum atomic E-state index is -1.02. The van der Waals surface area contributed by atoms with E-state index in [9.17, 15) is 4.91 Å². The molecule has 2 aromatic rings. The maximum absolute atomic E-state index is 10.6. The first-order valence-electron chi connectivity index (χ1n) is 13.2. The summed E-state index contributed by atoms with van der Waals surface area (Å²) >= 11 is 0. The second kappa shape index (κ2) is 12.5. The van der Waals surface area contributed by atoms with E-state index in [1.54, 1.807) is 0 Å². The van der Waals surface area contributed by atoms with Gasteiger partial charge in [-0.15, -0.1) is 13.2 Å². The van der Waals surface area contributed by atoms with Crippen LogP contribution in [0.15, 0.2) is 70.9 Å². The maximum atomic E-state index is 10.6. The molecule has 4 rings (SSSR count). The van der Waals surface area contributed by atoms with Crippen molar-refractivity contribution in [3.05, 3.63) is 98.5 Å². The molecule has 2 aliphatic carbocycles. The molecule has 0 amide bonds. The number of hydrogen-bond donors (Lipinski definition) is 0. The molecular weight excluding hydrogens is 461 g/mol. The second-order valence-electron chi connectivity index (χ2n) is 10.0. The Balaban J connectivity index is 1.42. The summed E-state index contributed by atoms with van der Waals surface area (Å²) in [6.45, 7) is 4.86. The van der Waals surface area contributed by atoms with Gasteiger partial charge in [0.25, 0.3) is 0 Å². The molecule has 1 atom stereocenters. The Morgan fingerprint density at radius 1 is 1.06 bits per heavy atom.